The summed E-state index contributed by atoms with van der Waals surface area (Å²) in [5.41, 5.74) is -0.249. The summed E-state index contributed by atoms with van der Waals surface area (Å²) in [5.74, 6) is -0.577. The van der Waals surface area contributed by atoms with Crippen molar-refractivity contribution in [3.05, 3.63) is 70.6 Å². The summed E-state index contributed by atoms with van der Waals surface area (Å²) in [5, 5.41) is 11.2. The van der Waals surface area contributed by atoms with Gasteiger partial charge >= 0.3 is 29.6 Å². The van der Waals surface area contributed by atoms with E-state index in [1.165, 1.54) is 6.07 Å². The van der Waals surface area contributed by atoms with Gasteiger partial charge < -0.3 is 23.8 Å². The minimum absolute atomic E-state index is 0. The normalized spacial score (nSPS) is 10.4. The van der Waals surface area contributed by atoms with Crippen molar-refractivity contribution in [2.24, 2.45) is 0 Å². The van der Waals surface area contributed by atoms with E-state index in [4.69, 9.17) is 13.9 Å². The third-order valence-corrected chi connectivity index (χ3v) is 4.47. The number of rotatable bonds is 11. The molecule has 0 bridgehead atoms. The van der Waals surface area contributed by atoms with Crippen LogP contribution in [0.1, 0.15) is 42.7 Å². The van der Waals surface area contributed by atoms with E-state index in [-0.39, 0.29) is 35.1 Å². The first-order valence-corrected chi connectivity index (χ1v) is 9.73. The maximum atomic E-state index is 11.9. The molecule has 7 heteroatoms. The monoisotopic (exact) mass is 418 g/mol. The van der Waals surface area contributed by atoms with Gasteiger partial charge in [0.1, 0.15) is 23.1 Å². The van der Waals surface area contributed by atoms with E-state index in [1.807, 2.05) is 30.3 Å². The molecule has 1 heterocycles. The molecule has 152 valence electrons. The Morgan fingerprint density at radius 3 is 2.13 bits per heavy atom. The van der Waals surface area contributed by atoms with E-state index in [2.05, 4.69) is 0 Å². The molecule has 0 fully saturated rings. The Labute approximate surface area is 197 Å². The van der Waals surface area contributed by atoms with Gasteiger partial charge in [0.05, 0.1) is 18.6 Å². The van der Waals surface area contributed by atoms with Gasteiger partial charge in [-0.15, -0.1) is 0 Å². The van der Waals surface area contributed by atoms with Crippen molar-refractivity contribution in [3.63, 3.8) is 0 Å². The summed E-state index contributed by atoms with van der Waals surface area (Å²) in [7, 11) is 0. The van der Waals surface area contributed by atoms with Crippen LogP contribution in [0.2, 0.25) is 0 Å². The van der Waals surface area contributed by atoms with E-state index in [0.717, 1.165) is 50.5 Å². The van der Waals surface area contributed by atoms with Gasteiger partial charge in [0, 0.05) is 12.1 Å². The Bertz CT molecular complexity index is 999. The smallest absolute Gasteiger partial charge is 0.542 e. The number of benzene rings is 2. The summed E-state index contributed by atoms with van der Waals surface area (Å²) >= 11 is 0. The third kappa shape index (κ3) is 7.20. The molecule has 2 aromatic carbocycles. The van der Waals surface area contributed by atoms with Gasteiger partial charge in [0.25, 0.3) is 0 Å². The SMILES string of the molecule is O=C([O-])c1cc(=O)c2ccc(OCCCCCCCOc3ccccc3)cc2o1.[Na+]. The number of fused-ring (bicyclic) bond motifs is 1. The van der Waals surface area contributed by atoms with Crippen LogP contribution < -0.4 is 49.6 Å². The number of hydrogen-bond donors (Lipinski definition) is 0. The fraction of sp³-hybridized carbons (Fsp3) is 0.304. The largest absolute Gasteiger partial charge is 1.00 e. The van der Waals surface area contributed by atoms with Gasteiger partial charge in [-0.3, -0.25) is 4.79 Å². The van der Waals surface area contributed by atoms with Crippen LogP contribution in [-0.4, -0.2) is 19.2 Å². The van der Waals surface area contributed by atoms with Gasteiger partial charge in [0.15, 0.2) is 11.2 Å². The van der Waals surface area contributed by atoms with Crippen LogP contribution in [-0.2, 0) is 0 Å². The number of carboxylic acids is 1. The molecule has 0 spiro atoms. The van der Waals surface area contributed by atoms with Crippen molar-refractivity contribution in [3.8, 4) is 11.5 Å². The summed E-state index contributed by atoms with van der Waals surface area (Å²) < 4.78 is 16.6. The van der Waals surface area contributed by atoms with Crippen LogP contribution in [0.3, 0.4) is 0 Å². The van der Waals surface area contributed by atoms with E-state index < -0.39 is 17.2 Å². The van der Waals surface area contributed by atoms with Gasteiger partial charge in [-0.05, 0) is 37.1 Å². The van der Waals surface area contributed by atoms with Crippen LogP contribution in [0.5, 0.6) is 11.5 Å². The fourth-order valence-corrected chi connectivity index (χ4v) is 2.96. The zero-order valence-electron chi connectivity index (χ0n) is 17.1. The Morgan fingerprint density at radius 2 is 1.47 bits per heavy atom. The molecule has 0 radical (unpaired) electrons. The number of para-hydroxylation sites is 1. The molecule has 0 aliphatic carbocycles. The second-order valence-corrected chi connectivity index (χ2v) is 6.70. The Hall–Kier alpha value is -2.28. The van der Waals surface area contributed by atoms with Crippen LogP contribution in [0.25, 0.3) is 11.0 Å². The molecule has 0 saturated heterocycles. The predicted molar refractivity (Wildman–Crippen MR) is 107 cm³/mol. The van der Waals surface area contributed by atoms with Crippen molar-refractivity contribution >= 4 is 16.9 Å². The molecule has 3 rings (SSSR count). The molecule has 3 aromatic rings. The quantitative estimate of drug-likeness (QED) is 0.334. The fourth-order valence-electron chi connectivity index (χ4n) is 2.96. The minimum atomic E-state index is -1.52. The molecule has 0 saturated carbocycles. The first-order valence-electron chi connectivity index (χ1n) is 9.73. The van der Waals surface area contributed by atoms with Gasteiger partial charge in [0.2, 0.25) is 0 Å². The third-order valence-electron chi connectivity index (χ3n) is 4.47. The Balaban J connectivity index is 0.00000320. The standard InChI is InChI=1S/C23H24O6.Na/c24-20-16-22(23(25)26)29-21-15-18(11-12-19(20)21)28-14-8-3-1-2-7-13-27-17-9-5-4-6-10-17;/h4-6,9-12,15-16H,1-3,7-8,13-14H2,(H,25,26);/q;+1/p-1. The van der Waals surface area contributed by atoms with Crippen molar-refractivity contribution in [1.29, 1.82) is 0 Å². The molecule has 6 nitrogen and oxygen atoms in total. The summed E-state index contributed by atoms with van der Waals surface area (Å²) in [4.78, 5) is 22.8. The minimum Gasteiger partial charge on any atom is -0.542 e. The Morgan fingerprint density at radius 1 is 0.833 bits per heavy atom. The number of carbonyl (C=O) groups is 1. The van der Waals surface area contributed by atoms with Crippen molar-refractivity contribution in [2.75, 3.05) is 13.2 Å². The van der Waals surface area contributed by atoms with Gasteiger partial charge in [-0.2, -0.15) is 0 Å². The number of unbranched alkanes of at least 4 members (excludes halogenated alkanes) is 4. The number of carboxylic acid groups (broad SMARTS) is 1. The van der Waals surface area contributed by atoms with Crippen LogP contribution in [0.15, 0.2) is 63.8 Å². The summed E-state index contributed by atoms with van der Waals surface area (Å²) in [6, 6.07) is 15.5. The maximum absolute atomic E-state index is 11.9. The predicted octanol–water partition coefficient (Wildman–Crippen LogP) is 0.569. The van der Waals surface area contributed by atoms with Crippen LogP contribution in [0, 0.1) is 0 Å². The van der Waals surface area contributed by atoms with Crippen molar-refractivity contribution in [2.45, 2.75) is 32.1 Å². The van der Waals surface area contributed by atoms with E-state index in [9.17, 15) is 14.7 Å². The molecule has 0 aliphatic heterocycles. The molecule has 30 heavy (non-hydrogen) atoms. The Kier molecular flexibility index (Phi) is 9.94. The second kappa shape index (κ2) is 12.4. The number of carbonyl (C=O) groups excluding carboxylic acids is 1. The van der Waals surface area contributed by atoms with E-state index in [0.29, 0.717) is 17.7 Å². The average molecular weight is 418 g/mol. The maximum Gasteiger partial charge on any atom is 1.00 e. The topological polar surface area (TPSA) is 88.8 Å². The molecule has 0 amide bonds. The summed E-state index contributed by atoms with van der Waals surface area (Å²) in [6.45, 7) is 1.26. The number of ether oxygens (including phenoxy) is 2. The molecule has 0 N–H and O–H groups in total. The zero-order valence-corrected chi connectivity index (χ0v) is 19.1. The summed E-state index contributed by atoms with van der Waals surface area (Å²) in [6.07, 6.45) is 5.16. The van der Waals surface area contributed by atoms with E-state index >= 15 is 0 Å². The average Bonchev–Trinajstić information content (AvgIpc) is 2.73. The second-order valence-electron chi connectivity index (χ2n) is 6.70. The zero-order chi connectivity index (χ0) is 20.5. The molecule has 0 unspecified atom stereocenters. The van der Waals surface area contributed by atoms with Crippen LogP contribution in [0.4, 0.5) is 0 Å². The van der Waals surface area contributed by atoms with Crippen molar-refractivity contribution < 1.29 is 53.3 Å². The van der Waals surface area contributed by atoms with Crippen molar-refractivity contribution in [1.82, 2.24) is 0 Å². The van der Waals surface area contributed by atoms with Crippen LogP contribution >= 0.6 is 0 Å². The number of hydrogen-bond acceptors (Lipinski definition) is 6. The molecular formula is C23H23NaO6. The van der Waals surface area contributed by atoms with Gasteiger partial charge in [-0.1, -0.05) is 37.5 Å². The number of aromatic carboxylic acids is 1. The van der Waals surface area contributed by atoms with E-state index in [1.54, 1.807) is 12.1 Å². The molecule has 0 aliphatic rings. The van der Waals surface area contributed by atoms with Gasteiger partial charge in [-0.25, -0.2) is 0 Å². The molecule has 0 atom stereocenters. The first kappa shape index (κ1) is 24.0. The molecule has 1 aromatic heterocycles. The first-order chi connectivity index (χ1) is 14.1. The molecular weight excluding hydrogens is 395 g/mol.